The van der Waals surface area contributed by atoms with E-state index in [9.17, 15) is 8.42 Å². The van der Waals surface area contributed by atoms with Gasteiger partial charge in [-0.1, -0.05) is 12.2 Å². The van der Waals surface area contributed by atoms with E-state index in [1.807, 2.05) is 42.3 Å². The molecule has 5 rings (SSSR count). The van der Waals surface area contributed by atoms with Gasteiger partial charge in [0.05, 0.1) is 47.9 Å². The maximum absolute atomic E-state index is 13.6. The summed E-state index contributed by atoms with van der Waals surface area (Å²) >= 11 is 1.56. The van der Waals surface area contributed by atoms with Gasteiger partial charge >= 0.3 is 0 Å². The molecule has 0 spiro atoms. The van der Waals surface area contributed by atoms with Gasteiger partial charge in [0.25, 0.3) is 0 Å². The van der Waals surface area contributed by atoms with Crippen LogP contribution in [-0.2, 0) is 14.8 Å². The Balaban J connectivity index is 1.57. The number of sulfonamides is 1. The normalized spacial score (nSPS) is 17.4. The quantitative estimate of drug-likeness (QED) is 0.294. The van der Waals surface area contributed by atoms with Crippen molar-refractivity contribution in [3.63, 3.8) is 0 Å². The highest BCUT2D eigenvalue weighted by Crippen LogP contribution is 2.34. The average molecular weight is 583 g/mol. The molecule has 2 aromatic heterocycles. The van der Waals surface area contributed by atoms with E-state index in [2.05, 4.69) is 41.0 Å². The first-order chi connectivity index (χ1) is 19.2. The van der Waals surface area contributed by atoms with E-state index in [0.29, 0.717) is 37.7 Å². The van der Waals surface area contributed by atoms with E-state index in [-0.39, 0.29) is 0 Å². The molecular formula is C29H38N6O3S2. The predicted molar refractivity (Wildman–Crippen MR) is 162 cm³/mol. The molecule has 11 heteroatoms. The van der Waals surface area contributed by atoms with Crippen LogP contribution in [0.2, 0.25) is 0 Å². The van der Waals surface area contributed by atoms with Crippen molar-refractivity contribution in [3.8, 4) is 5.69 Å². The fraction of sp³-hybridized carbons (Fsp3) is 0.448. The molecule has 1 aromatic carbocycles. The molecule has 2 aliphatic heterocycles. The first-order valence-electron chi connectivity index (χ1n) is 13.7. The van der Waals surface area contributed by atoms with E-state index in [1.165, 1.54) is 4.31 Å². The molecule has 214 valence electrons. The Morgan fingerprint density at radius 1 is 1.05 bits per heavy atom. The predicted octanol–water partition coefficient (Wildman–Crippen LogP) is 4.25. The molecule has 0 saturated carbocycles. The maximum atomic E-state index is 13.6. The standard InChI is InChI=1S/C29H38N6O3S2/c1-21(2)18-30-29-35(23(4)20-39-29)31-19-25-16-22(3)34(24(25)5)28-17-26(8-9-27(28)32-10-6-7-11-32)40(36,37)33-12-14-38-15-13-33/h8-9,16-17,19-20H,1,6-7,10-15,18H2,2-5H3. The van der Waals surface area contributed by atoms with Crippen LogP contribution >= 0.6 is 11.3 Å². The van der Waals surface area contributed by atoms with Crippen molar-refractivity contribution in [2.24, 2.45) is 10.1 Å². The number of ether oxygens (including phenoxy) is 1. The van der Waals surface area contributed by atoms with Gasteiger partial charge in [-0.25, -0.2) is 13.1 Å². The number of aromatic nitrogens is 2. The van der Waals surface area contributed by atoms with Crippen molar-refractivity contribution < 1.29 is 13.2 Å². The fourth-order valence-corrected chi connectivity index (χ4v) is 7.48. The lowest BCUT2D eigenvalue weighted by molar-refractivity contribution is 0.0730. The van der Waals surface area contributed by atoms with Crippen molar-refractivity contribution in [2.45, 2.75) is 45.4 Å². The smallest absolute Gasteiger partial charge is 0.243 e. The lowest BCUT2D eigenvalue weighted by Crippen LogP contribution is -2.40. The Kier molecular flexibility index (Phi) is 8.46. The summed E-state index contributed by atoms with van der Waals surface area (Å²) in [6.07, 6.45) is 4.12. The molecule has 40 heavy (non-hydrogen) atoms. The average Bonchev–Trinajstić information content (AvgIpc) is 3.66. The number of nitrogens with zero attached hydrogens (tertiary/aromatic N) is 6. The van der Waals surface area contributed by atoms with E-state index < -0.39 is 10.0 Å². The van der Waals surface area contributed by atoms with Crippen molar-refractivity contribution >= 4 is 33.3 Å². The Hall–Kier alpha value is -2.99. The highest BCUT2D eigenvalue weighted by molar-refractivity contribution is 7.89. The molecule has 0 aliphatic carbocycles. The lowest BCUT2D eigenvalue weighted by atomic mass is 10.2. The molecule has 2 aliphatic rings. The largest absolute Gasteiger partial charge is 0.379 e. The second kappa shape index (κ2) is 11.9. The third-order valence-electron chi connectivity index (χ3n) is 7.36. The summed E-state index contributed by atoms with van der Waals surface area (Å²) in [7, 11) is -3.64. The van der Waals surface area contributed by atoms with Gasteiger partial charge in [-0.05, 0) is 64.8 Å². The molecule has 0 atom stereocenters. The zero-order valence-electron chi connectivity index (χ0n) is 23.8. The van der Waals surface area contributed by atoms with Crippen LogP contribution in [0, 0.1) is 20.8 Å². The van der Waals surface area contributed by atoms with Crippen molar-refractivity contribution in [3.05, 3.63) is 69.2 Å². The Morgan fingerprint density at radius 2 is 1.77 bits per heavy atom. The maximum Gasteiger partial charge on any atom is 0.243 e. The van der Waals surface area contributed by atoms with Gasteiger partial charge in [-0.3, -0.25) is 4.99 Å². The van der Waals surface area contributed by atoms with Gasteiger partial charge in [-0.2, -0.15) is 9.41 Å². The first-order valence-corrected chi connectivity index (χ1v) is 16.0. The number of benzene rings is 1. The molecule has 2 saturated heterocycles. The number of thiazole rings is 1. The molecule has 4 heterocycles. The topological polar surface area (TPSA) is 84.4 Å². The van der Waals surface area contributed by atoms with Gasteiger partial charge in [0, 0.05) is 48.5 Å². The Morgan fingerprint density at radius 3 is 2.48 bits per heavy atom. The summed E-state index contributed by atoms with van der Waals surface area (Å²) in [5.74, 6) is 0. The minimum absolute atomic E-state index is 0.309. The number of aryl methyl sites for hydroxylation is 2. The number of hydrogen-bond acceptors (Lipinski definition) is 7. The van der Waals surface area contributed by atoms with E-state index in [4.69, 9.17) is 9.84 Å². The monoisotopic (exact) mass is 582 g/mol. The van der Waals surface area contributed by atoms with Crippen molar-refractivity contribution in [1.82, 2.24) is 13.5 Å². The van der Waals surface area contributed by atoms with Gasteiger partial charge in [0.15, 0.2) is 0 Å². The van der Waals surface area contributed by atoms with E-state index >= 15 is 0 Å². The van der Waals surface area contributed by atoms with Crippen LogP contribution in [0.1, 0.15) is 42.4 Å². The number of rotatable bonds is 8. The summed E-state index contributed by atoms with van der Waals surface area (Å²) in [5, 5.41) is 6.82. The van der Waals surface area contributed by atoms with E-state index in [1.54, 1.807) is 17.4 Å². The Bertz CT molecular complexity index is 1600. The third kappa shape index (κ3) is 5.74. The van der Waals surface area contributed by atoms with Crippen molar-refractivity contribution in [1.29, 1.82) is 0 Å². The molecular weight excluding hydrogens is 544 g/mol. The zero-order chi connectivity index (χ0) is 28.4. The fourth-order valence-electron chi connectivity index (χ4n) is 5.25. The van der Waals surface area contributed by atoms with Crippen LogP contribution < -0.4 is 9.70 Å². The first kappa shape index (κ1) is 28.5. The summed E-state index contributed by atoms with van der Waals surface area (Å²) in [4.78, 5) is 8.13. The second-order valence-electron chi connectivity index (χ2n) is 10.5. The molecule has 0 amide bonds. The minimum atomic E-state index is -3.64. The number of anilines is 1. The molecule has 0 N–H and O–H groups in total. The molecule has 0 unspecified atom stereocenters. The second-order valence-corrected chi connectivity index (χ2v) is 13.3. The zero-order valence-corrected chi connectivity index (χ0v) is 25.4. The van der Waals surface area contributed by atoms with Crippen LogP contribution in [0.4, 0.5) is 5.69 Å². The minimum Gasteiger partial charge on any atom is -0.379 e. The van der Waals surface area contributed by atoms with Crippen molar-refractivity contribution in [2.75, 3.05) is 50.8 Å². The SMILES string of the molecule is C=C(C)CN=c1scc(C)n1N=Cc1cc(C)n(-c2cc(S(=O)(=O)N3CCOCC3)ccc2N2CCCC2)c1C. The van der Waals surface area contributed by atoms with Crippen LogP contribution in [0.15, 0.2) is 56.8 Å². The number of morpholine rings is 1. The van der Waals surface area contributed by atoms with Crippen LogP contribution in [-0.4, -0.2) is 74.1 Å². The van der Waals surface area contributed by atoms with Gasteiger partial charge in [-0.15, -0.1) is 11.3 Å². The molecule has 9 nitrogen and oxygen atoms in total. The highest BCUT2D eigenvalue weighted by Gasteiger charge is 2.28. The van der Waals surface area contributed by atoms with Crippen LogP contribution in [0.5, 0.6) is 0 Å². The summed E-state index contributed by atoms with van der Waals surface area (Å²) in [6.45, 7) is 16.1. The lowest BCUT2D eigenvalue weighted by Gasteiger charge is -2.28. The molecule has 3 aromatic rings. The summed E-state index contributed by atoms with van der Waals surface area (Å²) < 4.78 is 38.1. The molecule has 0 bridgehead atoms. The highest BCUT2D eigenvalue weighted by atomic mass is 32.2. The summed E-state index contributed by atoms with van der Waals surface area (Å²) in [6, 6.07) is 7.67. The Labute approximate surface area is 240 Å². The molecule has 2 fully saturated rings. The molecule has 0 radical (unpaired) electrons. The van der Waals surface area contributed by atoms with Gasteiger partial charge in [0.1, 0.15) is 0 Å². The van der Waals surface area contributed by atoms with Crippen LogP contribution in [0.3, 0.4) is 0 Å². The number of hydrogen-bond donors (Lipinski definition) is 0. The van der Waals surface area contributed by atoms with Gasteiger partial charge < -0.3 is 14.2 Å². The van der Waals surface area contributed by atoms with E-state index in [0.717, 1.165) is 70.3 Å². The third-order valence-corrected chi connectivity index (χ3v) is 10.2. The van der Waals surface area contributed by atoms with Gasteiger partial charge in [0.2, 0.25) is 14.8 Å². The van der Waals surface area contributed by atoms with Crippen LogP contribution in [0.25, 0.3) is 5.69 Å². The summed E-state index contributed by atoms with van der Waals surface area (Å²) in [5.41, 5.74) is 6.91.